The van der Waals surface area contributed by atoms with Gasteiger partial charge in [0.2, 0.25) is 0 Å². The minimum atomic E-state index is -4.45. The average molecular weight is 512 g/mol. The summed E-state index contributed by atoms with van der Waals surface area (Å²) in [6.45, 7) is 2.56. The van der Waals surface area contributed by atoms with Crippen LogP contribution in [-0.2, 0) is 12.7 Å². The molecule has 2 N–H and O–H groups in total. The molecule has 1 aliphatic heterocycles. The van der Waals surface area contributed by atoms with Crippen molar-refractivity contribution in [3.63, 3.8) is 0 Å². The van der Waals surface area contributed by atoms with Gasteiger partial charge in [-0.1, -0.05) is 36.2 Å². The van der Waals surface area contributed by atoms with Crippen LogP contribution in [0.15, 0.2) is 66.9 Å². The van der Waals surface area contributed by atoms with Crippen molar-refractivity contribution in [2.45, 2.75) is 32.0 Å². The van der Waals surface area contributed by atoms with Gasteiger partial charge in [-0.3, -0.25) is 9.88 Å². The molecule has 0 aliphatic carbocycles. The summed E-state index contributed by atoms with van der Waals surface area (Å²) >= 11 is 6.08. The smallest absolute Gasteiger partial charge is 0.416 e. The Labute approximate surface area is 212 Å². The van der Waals surface area contributed by atoms with Crippen molar-refractivity contribution < 1.29 is 18.3 Å². The summed E-state index contributed by atoms with van der Waals surface area (Å²) in [7, 11) is 0. The molecule has 1 aromatic heterocycles. The van der Waals surface area contributed by atoms with E-state index in [4.69, 9.17) is 11.6 Å². The molecule has 8 heteroatoms. The Morgan fingerprint density at radius 2 is 1.64 bits per heavy atom. The van der Waals surface area contributed by atoms with Gasteiger partial charge in [0.05, 0.1) is 16.8 Å². The number of pyridine rings is 1. The molecule has 36 heavy (non-hydrogen) atoms. The Kier molecular flexibility index (Phi) is 6.77. The van der Waals surface area contributed by atoms with Gasteiger partial charge < -0.3 is 10.4 Å². The van der Waals surface area contributed by atoms with Crippen molar-refractivity contribution in [2.75, 3.05) is 18.4 Å². The highest BCUT2D eigenvalue weighted by molar-refractivity contribution is 6.30. The molecule has 4 nitrogen and oxygen atoms in total. The number of anilines is 2. The van der Waals surface area contributed by atoms with E-state index in [1.807, 2.05) is 36.4 Å². The molecular weight excluding hydrogens is 487 g/mol. The molecule has 4 aromatic rings. The zero-order chi connectivity index (χ0) is 25.3. The Morgan fingerprint density at radius 3 is 2.36 bits per heavy atom. The number of nitrogens with one attached hydrogen (secondary N) is 1. The normalized spacial score (nSPS) is 14.8. The summed E-state index contributed by atoms with van der Waals surface area (Å²) in [5, 5.41) is 15.7. The fourth-order valence-electron chi connectivity index (χ4n) is 4.66. The summed E-state index contributed by atoms with van der Waals surface area (Å²) in [5.74, 6) is 0.121. The number of hydrogen-bond donors (Lipinski definition) is 2. The third-order valence-corrected chi connectivity index (χ3v) is 6.80. The molecule has 186 valence electrons. The number of halogens is 4. The number of aromatic hydroxyl groups is 1. The van der Waals surface area contributed by atoms with E-state index in [1.165, 1.54) is 18.7 Å². The summed E-state index contributed by atoms with van der Waals surface area (Å²) in [5.41, 5.74) is 3.12. The second-order valence-corrected chi connectivity index (χ2v) is 9.52. The third kappa shape index (κ3) is 5.27. The van der Waals surface area contributed by atoms with Crippen molar-refractivity contribution >= 4 is 33.9 Å². The molecule has 0 spiro atoms. The predicted molar refractivity (Wildman–Crippen MR) is 138 cm³/mol. The van der Waals surface area contributed by atoms with Crippen molar-refractivity contribution in [3.8, 4) is 16.9 Å². The van der Waals surface area contributed by atoms with Crippen LogP contribution in [0.4, 0.5) is 24.5 Å². The second kappa shape index (κ2) is 9.99. The number of alkyl halides is 3. The van der Waals surface area contributed by atoms with E-state index in [0.29, 0.717) is 28.3 Å². The third-order valence-electron chi connectivity index (χ3n) is 6.55. The molecule has 3 aromatic carbocycles. The van der Waals surface area contributed by atoms with Gasteiger partial charge in [-0.2, -0.15) is 13.2 Å². The van der Waals surface area contributed by atoms with Crippen LogP contribution in [0.5, 0.6) is 5.75 Å². The number of aromatic nitrogens is 1. The summed E-state index contributed by atoms with van der Waals surface area (Å²) in [6, 6.07) is 16.5. The molecular formula is C28H25ClF3N3O. The molecule has 1 fully saturated rings. The van der Waals surface area contributed by atoms with Gasteiger partial charge >= 0.3 is 6.18 Å². The molecule has 0 unspecified atom stereocenters. The van der Waals surface area contributed by atoms with E-state index < -0.39 is 11.7 Å². The first-order valence-corrected chi connectivity index (χ1v) is 12.2. The zero-order valence-corrected chi connectivity index (χ0v) is 20.2. The fourth-order valence-corrected chi connectivity index (χ4v) is 4.78. The Balaban J connectivity index is 1.56. The number of phenols is 1. The van der Waals surface area contributed by atoms with Gasteiger partial charge in [0.15, 0.2) is 0 Å². The van der Waals surface area contributed by atoms with Crippen LogP contribution in [0.25, 0.3) is 22.0 Å². The fraction of sp³-hybridized carbons (Fsp3) is 0.250. The maximum absolute atomic E-state index is 13.2. The maximum atomic E-state index is 13.2. The van der Waals surface area contributed by atoms with E-state index >= 15 is 0 Å². The number of nitrogens with zero attached hydrogens (tertiary/aromatic N) is 2. The highest BCUT2D eigenvalue weighted by atomic mass is 35.5. The molecule has 0 saturated carbocycles. The summed E-state index contributed by atoms with van der Waals surface area (Å²) < 4.78 is 39.6. The quantitative estimate of drug-likeness (QED) is 0.266. The van der Waals surface area contributed by atoms with Gasteiger partial charge in [0.25, 0.3) is 0 Å². The first-order valence-electron chi connectivity index (χ1n) is 11.8. The van der Waals surface area contributed by atoms with Crippen LogP contribution in [-0.4, -0.2) is 28.1 Å². The molecule has 0 amide bonds. The lowest BCUT2D eigenvalue weighted by molar-refractivity contribution is -0.137. The predicted octanol–water partition coefficient (Wildman–Crippen LogP) is 8.01. The Morgan fingerprint density at radius 1 is 0.889 bits per heavy atom. The van der Waals surface area contributed by atoms with Crippen LogP contribution >= 0.6 is 11.6 Å². The van der Waals surface area contributed by atoms with Crippen LogP contribution < -0.4 is 5.32 Å². The molecule has 1 saturated heterocycles. The molecule has 0 bridgehead atoms. The SMILES string of the molecule is Oc1c(CN2CCCCC2)cc(-c2ccc(Cl)cc2)cc1Nc1ccnc2cc(C(F)(F)F)ccc12. The van der Waals surface area contributed by atoms with E-state index in [1.54, 1.807) is 6.07 Å². The van der Waals surface area contributed by atoms with Gasteiger partial charge in [-0.25, -0.2) is 0 Å². The van der Waals surface area contributed by atoms with Crippen molar-refractivity contribution in [2.24, 2.45) is 0 Å². The Bertz CT molecular complexity index is 1380. The minimum absolute atomic E-state index is 0.121. The Hall–Kier alpha value is -3.29. The second-order valence-electron chi connectivity index (χ2n) is 9.09. The topological polar surface area (TPSA) is 48.4 Å². The van der Waals surface area contributed by atoms with Crippen LogP contribution in [0, 0.1) is 0 Å². The number of rotatable bonds is 5. The first-order chi connectivity index (χ1) is 17.3. The average Bonchev–Trinajstić information content (AvgIpc) is 2.87. The number of hydrogen-bond acceptors (Lipinski definition) is 4. The van der Waals surface area contributed by atoms with Gasteiger partial charge in [-0.15, -0.1) is 0 Å². The van der Waals surface area contributed by atoms with E-state index in [-0.39, 0.29) is 11.3 Å². The van der Waals surface area contributed by atoms with Crippen LogP contribution in [0.2, 0.25) is 5.02 Å². The highest BCUT2D eigenvalue weighted by Crippen LogP contribution is 2.39. The monoisotopic (exact) mass is 511 g/mol. The molecule has 2 heterocycles. The number of benzene rings is 3. The maximum Gasteiger partial charge on any atom is 0.416 e. The van der Waals surface area contributed by atoms with Crippen LogP contribution in [0.3, 0.4) is 0 Å². The van der Waals surface area contributed by atoms with Gasteiger partial charge in [0.1, 0.15) is 5.75 Å². The van der Waals surface area contributed by atoms with E-state index in [0.717, 1.165) is 54.8 Å². The van der Waals surface area contributed by atoms with Crippen molar-refractivity contribution in [1.82, 2.24) is 9.88 Å². The summed E-state index contributed by atoms with van der Waals surface area (Å²) in [4.78, 5) is 6.45. The lowest BCUT2D eigenvalue weighted by Gasteiger charge is -2.27. The first kappa shape index (κ1) is 24.4. The van der Waals surface area contributed by atoms with Crippen molar-refractivity contribution in [3.05, 3.63) is 83.0 Å². The van der Waals surface area contributed by atoms with Gasteiger partial charge in [0, 0.05) is 34.4 Å². The number of likely N-dealkylation sites (tertiary alicyclic amines) is 1. The molecule has 5 rings (SSSR count). The molecule has 0 atom stereocenters. The lowest BCUT2D eigenvalue weighted by atomic mass is 9.99. The zero-order valence-electron chi connectivity index (χ0n) is 19.4. The van der Waals surface area contributed by atoms with Gasteiger partial charge in [-0.05, 0) is 79.5 Å². The number of piperidine rings is 1. The summed E-state index contributed by atoms with van der Waals surface area (Å²) in [6.07, 6.45) is 0.482. The van der Waals surface area contributed by atoms with Crippen molar-refractivity contribution in [1.29, 1.82) is 0 Å². The standard InChI is InChI=1S/C28H25ClF3N3O/c29-22-7-4-18(5-8-22)19-14-20(17-35-12-2-1-3-13-35)27(36)26(15-19)34-24-10-11-33-25-16-21(28(30,31)32)6-9-23(24)25/h4-11,14-16,36H,1-3,12-13,17H2,(H,33,34). The number of phenolic OH excluding ortho intramolecular Hbond substituents is 1. The number of fused-ring (bicyclic) bond motifs is 1. The highest BCUT2D eigenvalue weighted by Gasteiger charge is 2.30. The lowest BCUT2D eigenvalue weighted by Crippen LogP contribution is -2.29. The van der Waals surface area contributed by atoms with E-state index in [9.17, 15) is 18.3 Å². The van der Waals surface area contributed by atoms with E-state index in [2.05, 4.69) is 15.2 Å². The largest absolute Gasteiger partial charge is 0.505 e. The molecule has 0 radical (unpaired) electrons. The molecule has 1 aliphatic rings. The minimum Gasteiger partial charge on any atom is -0.505 e. The van der Waals surface area contributed by atoms with Crippen LogP contribution in [0.1, 0.15) is 30.4 Å².